The zero-order valence-electron chi connectivity index (χ0n) is 15.2. The molecule has 1 aliphatic rings. The van der Waals surface area contributed by atoms with E-state index in [1.165, 1.54) is 23.3 Å². The van der Waals surface area contributed by atoms with Gasteiger partial charge in [0.05, 0.1) is 5.39 Å². The number of benzene rings is 1. The summed E-state index contributed by atoms with van der Waals surface area (Å²) in [4.78, 5) is 34.4. The Balaban J connectivity index is 1.43. The van der Waals surface area contributed by atoms with Crippen LogP contribution in [0.4, 0.5) is 0 Å². The number of hydrogen-bond acceptors (Lipinski definition) is 4. The summed E-state index contributed by atoms with van der Waals surface area (Å²) in [7, 11) is 0. The van der Waals surface area contributed by atoms with Crippen LogP contribution in [0.1, 0.15) is 47.5 Å². The lowest BCUT2D eigenvalue weighted by Gasteiger charge is -2.05. The van der Waals surface area contributed by atoms with Crippen LogP contribution in [0.25, 0.3) is 10.2 Å². The second kappa shape index (κ2) is 8.05. The third kappa shape index (κ3) is 4.11. The SMILES string of the molecule is O=C(CCc1nc2sc3c(c2c(=O)[nH]1)CCCCC3)NCc1ccccc1. The first-order valence-corrected chi connectivity index (χ1v) is 10.4. The van der Waals surface area contributed by atoms with E-state index < -0.39 is 0 Å². The molecule has 4 rings (SSSR count). The monoisotopic (exact) mass is 381 g/mol. The van der Waals surface area contributed by atoms with Gasteiger partial charge in [-0.1, -0.05) is 36.8 Å². The second-order valence-electron chi connectivity index (χ2n) is 7.02. The molecule has 2 heterocycles. The third-order valence-electron chi connectivity index (χ3n) is 5.05. The molecule has 2 aromatic heterocycles. The summed E-state index contributed by atoms with van der Waals surface area (Å²) >= 11 is 1.65. The van der Waals surface area contributed by atoms with Crippen LogP contribution >= 0.6 is 11.3 Å². The minimum absolute atomic E-state index is 0.0384. The highest BCUT2D eigenvalue weighted by Gasteiger charge is 2.19. The average molecular weight is 382 g/mol. The minimum atomic E-state index is -0.0564. The van der Waals surface area contributed by atoms with Crippen LogP contribution in [-0.2, 0) is 30.6 Å². The molecule has 0 radical (unpaired) electrons. The normalized spacial score (nSPS) is 13.9. The third-order valence-corrected chi connectivity index (χ3v) is 6.23. The molecule has 1 amide bonds. The fourth-order valence-electron chi connectivity index (χ4n) is 3.62. The molecule has 0 bridgehead atoms. The lowest BCUT2D eigenvalue weighted by molar-refractivity contribution is -0.121. The first-order valence-electron chi connectivity index (χ1n) is 9.55. The van der Waals surface area contributed by atoms with E-state index in [4.69, 9.17) is 0 Å². The number of nitrogens with one attached hydrogen (secondary N) is 2. The maximum Gasteiger partial charge on any atom is 0.259 e. The fraction of sp³-hybridized carbons (Fsp3) is 0.381. The molecular formula is C21H23N3O2S. The maximum atomic E-state index is 12.6. The van der Waals surface area contributed by atoms with E-state index in [0.29, 0.717) is 25.2 Å². The number of carbonyl (C=O) groups excluding carboxylic acids is 1. The number of rotatable bonds is 5. The van der Waals surface area contributed by atoms with Crippen LogP contribution < -0.4 is 10.9 Å². The van der Waals surface area contributed by atoms with Crippen molar-refractivity contribution < 1.29 is 4.79 Å². The van der Waals surface area contributed by atoms with Gasteiger partial charge in [0.2, 0.25) is 5.91 Å². The van der Waals surface area contributed by atoms with Crippen LogP contribution in [0.3, 0.4) is 0 Å². The number of aryl methyl sites for hydroxylation is 3. The van der Waals surface area contributed by atoms with Crippen LogP contribution in [0, 0.1) is 0 Å². The van der Waals surface area contributed by atoms with Crippen LogP contribution in [0.5, 0.6) is 0 Å². The molecule has 0 atom stereocenters. The van der Waals surface area contributed by atoms with Crippen LogP contribution in [0.2, 0.25) is 0 Å². The largest absolute Gasteiger partial charge is 0.352 e. The smallest absolute Gasteiger partial charge is 0.259 e. The predicted molar refractivity (Wildman–Crippen MR) is 108 cm³/mol. The predicted octanol–water partition coefficient (Wildman–Crippen LogP) is 3.50. The Bertz CT molecular complexity index is 1010. The van der Waals surface area contributed by atoms with Crippen molar-refractivity contribution in [1.82, 2.24) is 15.3 Å². The van der Waals surface area contributed by atoms with Gasteiger partial charge in [-0.3, -0.25) is 9.59 Å². The molecule has 1 aromatic carbocycles. The number of carbonyl (C=O) groups is 1. The highest BCUT2D eigenvalue weighted by atomic mass is 32.1. The fourth-order valence-corrected chi connectivity index (χ4v) is 4.90. The summed E-state index contributed by atoms with van der Waals surface area (Å²) in [6.07, 6.45) is 6.33. The van der Waals surface area contributed by atoms with Gasteiger partial charge in [-0.2, -0.15) is 0 Å². The van der Waals surface area contributed by atoms with E-state index in [9.17, 15) is 9.59 Å². The second-order valence-corrected chi connectivity index (χ2v) is 8.10. The molecule has 0 unspecified atom stereocenters. The van der Waals surface area contributed by atoms with Crippen molar-refractivity contribution >= 4 is 27.5 Å². The zero-order valence-corrected chi connectivity index (χ0v) is 16.0. The molecule has 2 N–H and O–H groups in total. The molecule has 27 heavy (non-hydrogen) atoms. The van der Waals surface area contributed by atoms with Crippen molar-refractivity contribution in [3.8, 4) is 0 Å². The van der Waals surface area contributed by atoms with E-state index in [-0.39, 0.29) is 11.5 Å². The molecule has 0 fully saturated rings. The van der Waals surface area contributed by atoms with Gasteiger partial charge in [-0.05, 0) is 36.8 Å². The van der Waals surface area contributed by atoms with E-state index in [0.717, 1.165) is 35.0 Å². The first-order chi connectivity index (χ1) is 13.2. The highest BCUT2D eigenvalue weighted by Crippen LogP contribution is 2.32. The van der Waals surface area contributed by atoms with Crippen molar-refractivity contribution in [3.63, 3.8) is 0 Å². The Kier molecular flexibility index (Phi) is 5.34. The molecule has 140 valence electrons. The lowest BCUT2D eigenvalue weighted by atomic mass is 10.1. The minimum Gasteiger partial charge on any atom is -0.352 e. The van der Waals surface area contributed by atoms with E-state index in [1.807, 2.05) is 30.3 Å². The Hall–Kier alpha value is -2.47. The Morgan fingerprint density at radius 1 is 1.15 bits per heavy atom. The first kappa shape index (κ1) is 17.9. The number of nitrogens with zero attached hydrogens (tertiary/aromatic N) is 1. The summed E-state index contributed by atoms with van der Waals surface area (Å²) in [5.41, 5.74) is 2.21. The number of amides is 1. The summed E-state index contributed by atoms with van der Waals surface area (Å²) in [5.74, 6) is 0.558. The standard InChI is InChI=1S/C21H23N3O2S/c25-18(22-13-14-7-3-1-4-8-14)12-11-17-23-20(26)19-15-9-5-2-6-10-16(15)27-21(19)24-17/h1,3-4,7-8H,2,5-6,9-13H2,(H,22,25)(H,23,24,26). The van der Waals surface area contributed by atoms with Gasteiger partial charge in [-0.15, -0.1) is 11.3 Å². The zero-order chi connectivity index (χ0) is 18.6. The van der Waals surface area contributed by atoms with Gasteiger partial charge >= 0.3 is 0 Å². The molecule has 3 aromatic rings. The maximum absolute atomic E-state index is 12.6. The lowest BCUT2D eigenvalue weighted by Crippen LogP contribution is -2.23. The molecule has 0 spiro atoms. The number of fused-ring (bicyclic) bond motifs is 3. The van der Waals surface area contributed by atoms with Gasteiger partial charge < -0.3 is 10.3 Å². The Morgan fingerprint density at radius 2 is 1.96 bits per heavy atom. The molecule has 6 heteroatoms. The Morgan fingerprint density at radius 3 is 2.81 bits per heavy atom. The molecule has 1 aliphatic carbocycles. The summed E-state index contributed by atoms with van der Waals surface area (Å²) in [5, 5.41) is 3.68. The molecule has 0 saturated heterocycles. The number of thiophene rings is 1. The summed E-state index contributed by atoms with van der Waals surface area (Å²) in [6, 6.07) is 9.82. The van der Waals surface area contributed by atoms with Gasteiger partial charge in [0.15, 0.2) is 0 Å². The average Bonchev–Trinajstić information content (AvgIpc) is 2.87. The molecule has 0 aliphatic heterocycles. The molecule has 0 saturated carbocycles. The van der Waals surface area contributed by atoms with Gasteiger partial charge in [0.25, 0.3) is 5.56 Å². The van der Waals surface area contributed by atoms with Crippen molar-refractivity contribution in [1.29, 1.82) is 0 Å². The van der Waals surface area contributed by atoms with E-state index >= 15 is 0 Å². The topological polar surface area (TPSA) is 74.8 Å². The van der Waals surface area contributed by atoms with E-state index in [2.05, 4.69) is 15.3 Å². The van der Waals surface area contributed by atoms with Crippen molar-refractivity contribution in [2.75, 3.05) is 0 Å². The van der Waals surface area contributed by atoms with Gasteiger partial charge in [0, 0.05) is 24.3 Å². The number of aromatic nitrogens is 2. The Labute approximate surface area is 161 Å². The van der Waals surface area contributed by atoms with Crippen molar-refractivity contribution in [2.45, 2.75) is 51.5 Å². The molecular weight excluding hydrogens is 358 g/mol. The summed E-state index contributed by atoms with van der Waals surface area (Å²) in [6.45, 7) is 0.514. The van der Waals surface area contributed by atoms with Gasteiger partial charge in [-0.25, -0.2) is 4.98 Å². The quantitative estimate of drug-likeness (QED) is 0.664. The van der Waals surface area contributed by atoms with Gasteiger partial charge in [0.1, 0.15) is 10.7 Å². The number of H-pyrrole nitrogens is 1. The van der Waals surface area contributed by atoms with Crippen LogP contribution in [0.15, 0.2) is 35.1 Å². The van der Waals surface area contributed by atoms with Crippen molar-refractivity contribution in [2.24, 2.45) is 0 Å². The molecule has 5 nitrogen and oxygen atoms in total. The highest BCUT2D eigenvalue weighted by molar-refractivity contribution is 7.18. The van der Waals surface area contributed by atoms with E-state index in [1.54, 1.807) is 11.3 Å². The number of aromatic amines is 1. The van der Waals surface area contributed by atoms with Crippen molar-refractivity contribution in [3.05, 3.63) is 62.5 Å². The summed E-state index contributed by atoms with van der Waals surface area (Å²) < 4.78 is 0. The number of hydrogen-bond donors (Lipinski definition) is 2. The van der Waals surface area contributed by atoms with Crippen LogP contribution in [-0.4, -0.2) is 15.9 Å².